The molecule has 3 heterocycles. The number of amides is 2. The van der Waals surface area contributed by atoms with Crippen molar-refractivity contribution in [2.24, 2.45) is 0 Å². The summed E-state index contributed by atoms with van der Waals surface area (Å²) < 4.78 is 19.4. The van der Waals surface area contributed by atoms with Crippen LogP contribution in [0.15, 0.2) is 24.3 Å². The SMILES string of the molecule is O=C1NCC2(CCN(C[C@@]3(O)CCCN(Cc4ccccc4F)C3=O)CC2)O1. The molecule has 4 rings (SSSR count). The number of carbonyl (C=O) groups is 2. The number of β-amino-alcohol motifs (C(OH)–C–C–N with tert-alkyl or cyclic N) is 1. The van der Waals surface area contributed by atoms with Gasteiger partial charge < -0.3 is 20.1 Å². The smallest absolute Gasteiger partial charge is 0.407 e. The fourth-order valence-electron chi connectivity index (χ4n) is 4.46. The summed E-state index contributed by atoms with van der Waals surface area (Å²) in [6.07, 6.45) is 2.05. The number of likely N-dealkylation sites (tertiary alicyclic amines) is 2. The number of ether oxygens (including phenoxy) is 1. The van der Waals surface area contributed by atoms with Gasteiger partial charge in [0.15, 0.2) is 5.60 Å². The van der Waals surface area contributed by atoms with Crippen molar-refractivity contribution < 1.29 is 23.8 Å². The summed E-state index contributed by atoms with van der Waals surface area (Å²) in [7, 11) is 0. The maximum absolute atomic E-state index is 14.0. The van der Waals surface area contributed by atoms with Crippen LogP contribution in [0.3, 0.4) is 0 Å². The zero-order chi connectivity index (χ0) is 19.8. The first-order valence-electron chi connectivity index (χ1n) is 9.84. The number of nitrogens with one attached hydrogen (secondary N) is 1. The molecule has 1 aromatic carbocycles. The molecule has 0 bridgehead atoms. The second kappa shape index (κ2) is 7.33. The Labute approximate surface area is 163 Å². The van der Waals surface area contributed by atoms with E-state index in [9.17, 15) is 19.1 Å². The van der Waals surface area contributed by atoms with E-state index in [-0.39, 0.29) is 30.9 Å². The minimum Gasteiger partial charge on any atom is -0.441 e. The standard InChI is InChI=1S/C20H26FN3O4/c21-16-5-2-1-4-15(16)12-24-9-3-6-20(27,17(24)25)14-23-10-7-19(8-11-23)13-22-18(26)28-19/h1-2,4-5,27H,3,6-14H2,(H,22,26)/t20-/m0/s1. The van der Waals surface area contributed by atoms with Crippen molar-refractivity contribution in [2.45, 2.75) is 43.4 Å². The predicted molar refractivity (Wildman–Crippen MR) is 98.9 cm³/mol. The number of hydrogen-bond acceptors (Lipinski definition) is 5. The van der Waals surface area contributed by atoms with Gasteiger partial charge in [-0.25, -0.2) is 9.18 Å². The average molecular weight is 391 g/mol. The van der Waals surface area contributed by atoms with Crippen molar-refractivity contribution in [3.8, 4) is 0 Å². The van der Waals surface area contributed by atoms with E-state index in [0.29, 0.717) is 57.4 Å². The van der Waals surface area contributed by atoms with Crippen molar-refractivity contribution in [3.63, 3.8) is 0 Å². The van der Waals surface area contributed by atoms with Crippen LogP contribution in [-0.2, 0) is 16.1 Å². The van der Waals surface area contributed by atoms with Crippen LogP contribution in [0.2, 0.25) is 0 Å². The van der Waals surface area contributed by atoms with Gasteiger partial charge >= 0.3 is 6.09 Å². The fourth-order valence-corrected chi connectivity index (χ4v) is 4.46. The molecule has 1 aromatic rings. The van der Waals surface area contributed by atoms with Crippen molar-refractivity contribution >= 4 is 12.0 Å². The quantitative estimate of drug-likeness (QED) is 0.808. The first-order chi connectivity index (χ1) is 13.4. The Bertz CT molecular complexity index is 766. The highest BCUT2D eigenvalue weighted by Crippen LogP contribution is 2.32. The Hall–Kier alpha value is -2.19. The molecule has 7 nitrogen and oxygen atoms in total. The Kier molecular flexibility index (Phi) is 5.01. The van der Waals surface area contributed by atoms with Gasteiger partial charge in [0.2, 0.25) is 0 Å². The maximum Gasteiger partial charge on any atom is 0.407 e. The number of halogens is 1. The largest absolute Gasteiger partial charge is 0.441 e. The van der Waals surface area contributed by atoms with Crippen molar-refractivity contribution in [1.82, 2.24) is 15.1 Å². The summed E-state index contributed by atoms with van der Waals surface area (Å²) in [6.45, 7) is 2.74. The van der Waals surface area contributed by atoms with Crippen LogP contribution < -0.4 is 5.32 Å². The summed E-state index contributed by atoms with van der Waals surface area (Å²) in [4.78, 5) is 27.9. The van der Waals surface area contributed by atoms with E-state index in [0.717, 1.165) is 0 Å². The molecule has 1 atom stereocenters. The fraction of sp³-hybridized carbons (Fsp3) is 0.600. The molecule has 1 spiro atoms. The van der Waals surface area contributed by atoms with E-state index in [1.807, 2.05) is 0 Å². The van der Waals surface area contributed by atoms with Gasteiger partial charge in [-0.15, -0.1) is 0 Å². The lowest BCUT2D eigenvalue weighted by Crippen LogP contribution is -2.60. The molecule has 3 saturated heterocycles. The molecule has 8 heteroatoms. The lowest BCUT2D eigenvalue weighted by Gasteiger charge is -2.43. The minimum atomic E-state index is -1.46. The van der Waals surface area contributed by atoms with Crippen LogP contribution in [0.5, 0.6) is 0 Å². The van der Waals surface area contributed by atoms with Crippen LogP contribution in [0.25, 0.3) is 0 Å². The van der Waals surface area contributed by atoms with Crippen LogP contribution in [0.4, 0.5) is 9.18 Å². The van der Waals surface area contributed by atoms with Crippen molar-refractivity contribution in [2.75, 3.05) is 32.7 Å². The Morgan fingerprint density at radius 3 is 2.57 bits per heavy atom. The Morgan fingerprint density at radius 2 is 1.89 bits per heavy atom. The molecule has 3 aliphatic heterocycles. The summed E-state index contributed by atoms with van der Waals surface area (Å²) in [5, 5.41) is 13.8. The zero-order valence-corrected chi connectivity index (χ0v) is 15.8. The summed E-state index contributed by atoms with van der Waals surface area (Å²) in [5.41, 5.74) is -1.46. The zero-order valence-electron chi connectivity index (χ0n) is 15.8. The maximum atomic E-state index is 14.0. The monoisotopic (exact) mass is 391 g/mol. The molecule has 3 aliphatic rings. The number of aliphatic hydroxyl groups is 1. The van der Waals surface area contributed by atoms with E-state index < -0.39 is 11.2 Å². The minimum absolute atomic E-state index is 0.165. The van der Waals surface area contributed by atoms with Crippen molar-refractivity contribution in [1.29, 1.82) is 0 Å². The number of benzene rings is 1. The topological polar surface area (TPSA) is 82.1 Å². The highest BCUT2D eigenvalue weighted by atomic mass is 19.1. The molecule has 0 radical (unpaired) electrons. The summed E-state index contributed by atoms with van der Waals surface area (Å²) in [6, 6.07) is 6.41. The number of piperidine rings is 2. The number of alkyl carbamates (subject to hydrolysis) is 1. The van der Waals surface area contributed by atoms with Gasteiger partial charge in [-0.1, -0.05) is 18.2 Å². The first kappa shape index (κ1) is 19.1. The second-order valence-corrected chi connectivity index (χ2v) is 8.16. The van der Waals surface area contributed by atoms with Crippen molar-refractivity contribution in [3.05, 3.63) is 35.6 Å². The van der Waals surface area contributed by atoms with Gasteiger partial charge in [-0.3, -0.25) is 9.69 Å². The molecule has 0 aliphatic carbocycles. The average Bonchev–Trinajstić information content (AvgIpc) is 3.03. The number of carbonyl (C=O) groups excluding carboxylic acids is 2. The normalized spacial score (nSPS) is 27.7. The molecule has 0 unspecified atom stereocenters. The van der Waals surface area contributed by atoms with Gasteiger partial charge in [0.05, 0.1) is 6.54 Å². The van der Waals surface area contributed by atoms with E-state index in [2.05, 4.69) is 10.2 Å². The van der Waals surface area contributed by atoms with Gasteiger partial charge in [0.1, 0.15) is 11.4 Å². The first-order valence-corrected chi connectivity index (χ1v) is 9.84. The molecular formula is C20H26FN3O4. The third-order valence-electron chi connectivity index (χ3n) is 6.14. The van der Waals surface area contributed by atoms with Crippen LogP contribution in [0.1, 0.15) is 31.2 Å². The van der Waals surface area contributed by atoms with Gasteiger partial charge in [0, 0.05) is 51.1 Å². The van der Waals surface area contributed by atoms with Crippen LogP contribution >= 0.6 is 0 Å². The summed E-state index contributed by atoms with van der Waals surface area (Å²) >= 11 is 0. The summed E-state index contributed by atoms with van der Waals surface area (Å²) in [5.74, 6) is -0.679. The molecule has 0 aromatic heterocycles. The predicted octanol–water partition coefficient (Wildman–Crippen LogP) is 1.25. The van der Waals surface area contributed by atoms with Crippen LogP contribution in [-0.4, -0.2) is 70.8 Å². The van der Waals surface area contributed by atoms with E-state index in [1.54, 1.807) is 23.1 Å². The lowest BCUT2D eigenvalue weighted by atomic mass is 9.87. The molecular weight excluding hydrogens is 365 g/mol. The molecule has 28 heavy (non-hydrogen) atoms. The van der Waals surface area contributed by atoms with E-state index in [1.165, 1.54) is 6.07 Å². The van der Waals surface area contributed by atoms with Gasteiger partial charge in [-0.2, -0.15) is 0 Å². The molecule has 2 N–H and O–H groups in total. The molecule has 2 amide bonds. The van der Waals surface area contributed by atoms with Crippen LogP contribution in [0, 0.1) is 5.82 Å². The van der Waals surface area contributed by atoms with E-state index in [4.69, 9.17) is 4.74 Å². The third kappa shape index (κ3) is 3.71. The molecule has 3 fully saturated rings. The molecule has 152 valence electrons. The Balaban J connectivity index is 1.38. The number of rotatable bonds is 4. The lowest BCUT2D eigenvalue weighted by molar-refractivity contribution is -0.161. The highest BCUT2D eigenvalue weighted by molar-refractivity contribution is 5.86. The van der Waals surface area contributed by atoms with Gasteiger partial charge in [-0.05, 0) is 18.9 Å². The second-order valence-electron chi connectivity index (χ2n) is 8.16. The third-order valence-corrected chi connectivity index (χ3v) is 6.14. The van der Waals surface area contributed by atoms with E-state index >= 15 is 0 Å². The molecule has 0 saturated carbocycles. The highest BCUT2D eigenvalue weighted by Gasteiger charge is 2.47. The number of nitrogens with zero attached hydrogens (tertiary/aromatic N) is 2. The Morgan fingerprint density at radius 1 is 1.14 bits per heavy atom. The van der Waals surface area contributed by atoms with Gasteiger partial charge in [0.25, 0.3) is 5.91 Å². The number of hydrogen-bond donors (Lipinski definition) is 2.